The van der Waals surface area contributed by atoms with E-state index < -0.39 is 24.3 Å². The third kappa shape index (κ3) is 5.22. The van der Waals surface area contributed by atoms with Gasteiger partial charge in [-0.2, -0.15) is 0 Å². The molecule has 6 N–H and O–H groups in total. The highest BCUT2D eigenvalue weighted by atomic mass is 32.7. The Hall–Kier alpha value is -1.54. The molecule has 0 aliphatic heterocycles. The zero-order valence-corrected chi connectivity index (χ0v) is 15.0. The van der Waals surface area contributed by atoms with Gasteiger partial charge in [0.25, 0.3) is 0 Å². The molecule has 0 radical (unpaired) electrons. The van der Waals surface area contributed by atoms with Gasteiger partial charge in [-0.05, 0) is 47.1 Å². The number of hydrogen-bond donors (Lipinski definition) is 6. The average Bonchev–Trinajstić information content (AvgIpc) is 2.44. The van der Waals surface area contributed by atoms with Crippen LogP contribution in [0.15, 0.2) is 47.4 Å². The molecular formula is C16H19O7PS. The zero-order chi connectivity index (χ0) is 18.8. The monoisotopic (exact) mass is 386 g/mol. The average molecular weight is 386 g/mol. The number of hydrogen-bond acceptors (Lipinski definition) is 6. The molecule has 2 aromatic carbocycles. The van der Waals surface area contributed by atoms with Gasteiger partial charge in [-0.1, -0.05) is 25.1 Å². The van der Waals surface area contributed by atoms with Gasteiger partial charge in [0.15, 0.2) is 5.79 Å². The van der Waals surface area contributed by atoms with Gasteiger partial charge < -0.3 is 30.2 Å². The SMILES string of the molecule is CC(CC(O)(O)c1c(O)cccc1SP(=O)(O)O)c1cccc(O)c1. The molecule has 0 amide bonds. The lowest BCUT2D eigenvalue weighted by Crippen LogP contribution is -2.28. The first-order chi connectivity index (χ1) is 11.5. The molecule has 25 heavy (non-hydrogen) atoms. The van der Waals surface area contributed by atoms with Crippen LogP contribution in [0.5, 0.6) is 11.5 Å². The zero-order valence-electron chi connectivity index (χ0n) is 13.3. The fraction of sp³-hybridized carbons (Fsp3) is 0.250. The van der Waals surface area contributed by atoms with Crippen molar-refractivity contribution in [3.05, 3.63) is 53.6 Å². The highest BCUT2D eigenvalue weighted by Crippen LogP contribution is 2.57. The van der Waals surface area contributed by atoms with E-state index in [-0.39, 0.29) is 34.0 Å². The molecule has 7 nitrogen and oxygen atoms in total. The summed E-state index contributed by atoms with van der Waals surface area (Å²) in [7, 11) is 0. The fourth-order valence-electron chi connectivity index (χ4n) is 2.60. The topological polar surface area (TPSA) is 138 Å². The summed E-state index contributed by atoms with van der Waals surface area (Å²) in [6.07, 6.45) is -0.261. The van der Waals surface area contributed by atoms with E-state index in [1.54, 1.807) is 19.1 Å². The van der Waals surface area contributed by atoms with Crippen molar-refractivity contribution >= 4 is 18.2 Å². The predicted octanol–water partition coefficient (Wildman–Crippen LogP) is 2.61. The molecule has 9 heteroatoms. The van der Waals surface area contributed by atoms with Crippen LogP contribution < -0.4 is 0 Å². The van der Waals surface area contributed by atoms with Gasteiger partial charge >= 0.3 is 6.80 Å². The quantitative estimate of drug-likeness (QED) is 0.329. The molecule has 0 saturated carbocycles. The Balaban J connectivity index is 2.37. The molecule has 0 saturated heterocycles. The smallest absolute Gasteiger partial charge is 0.388 e. The molecule has 2 rings (SSSR count). The van der Waals surface area contributed by atoms with Crippen molar-refractivity contribution in [1.29, 1.82) is 0 Å². The summed E-state index contributed by atoms with van der Waals surface area (Å²) >= 11 is 0.140. The third-order valence-electron chi connectivity index (χ3n) is 3.65. The summed E-state index contributed by atoms with van der Waals surface area (Å²) in [5.41, 5.74) is 0.280. The van der Waals surface area contributed by atoms with Gasteiger partial charge in [0.1, 0.15) is 11.5 Å². The molecule has 0 aliphatic rings. The second-order valence-corrected chi connectivity index (χ2v) is 9.33. The van der Waals surface area contributed by atoms with E-state index >= 15 is 0 Å². The van der Waals surface area contributed by atoms with Gasteiger partial charge in [0.2, 0.25) is 0 Å². The first-order valence-electron chi connectivity index (χ1n) is 7.31. The molecular weight excluding hydrogens is 367 g/mol. The highest BCUT2D eigenvalue weighted by Gasteiger charge is 2.35. The Morgan fingerprint density at radius 1 is 1.12 bits per heavy atom. The van der Waals surface area contributed by atoms with Gasteiger partial charge in [0, 0.05) is 11.3 Å². The van der Waals surface area contributed by atoms with Crippen LogP contribution in [-0.4, -0.2) is 30.2 Å². The van der Waals surface area contributed by atoms with Crippen molar-refractivity contribution in [2.75, 3.05) is 0 Å². The normalized spacial score (nSPS) is 13.6. The lowest BCUT2D eigenvalue weighted by atomic mass is 9.89. The lowest BCUT2D eigenvalue weighted by molar-refractivity contribution is -0.180. The van der Waals surface area contributed by atoms with Crippen molar-refractivity contribution in [3.63, 3.8) is 0 Å². The van der Waals surface area contributed by atoms with E-state index in [4.69, 9.17) is 9.79 Å². The highest BCUT2D eigenvalue weighted by molar-refractivity contribution is 8.54. The minimum atomic E-state index is -4.55. The van der Waals surface area contributed by atoms with E-state index in [1.807, 2.05) is 0 Å². The van der Waals surface area contributed by atoms with Crippen LogP contribution in [0.3, 0.4) is 0 Å². The Morgan fingerprint density at radius 2 is 1.76 bits per heavy atom. The number of aliphatic hydroxyl groups is 2. The van der Waals surface area contributed by atoms with Crippen LogP contribution in [-0.2, 0) is 10.4 Å². The molecule has 1 unspecified atom stereocenters. The lowest BCUT2D eigenvalue weighted by Gasteiger charge is -2.28. The van der Waals surface area contributed by atoms with E-state index in [0.29, 0.717) is 5.56 Å². The number of phenols is 2. The molecule has 0 fully saturated rings. The van der Waals surface area contributed by atoms with E-state index in [2.05, 4.69) is 0 Å². The Bertz CT molecular complexity index is 803. The molecule has 0 spiro atoms. The Kier molecular flexibility index (Phi) is 5.83. The van der Waals surface area contributed by atoms with Crippen LogP contribution in [0.4, 0.5) is 0 Å². The van der Waals surface area contributed by atoms with E-state index in [0.717, 1.165) is 0 Å². The maximum absolute atomic E-state index is 11.3. The van der Waals surface area contributed by atoms with E-state index in [1.165, 1.54) is 30.3 Å². The third-order valence-corrected chi connectivity index (χ3v) is 5.73. The van der Waals surface area contributed by atoms with Gasteiger partial charge in [-0.25, -0.2) is 4.57 Å². The molecule has 2 aromatic rings. The summed E-state index contributed by atoms with van der Waals surface area (Å²) in [6, 6.07) is 10.1. The van der Waals surface area contributed by atoms with Crippen molar-refractivity contribution in [2.24, 2.45) is 0 Å². The second-order valence-electron chi connectivity index (χ2n) is 5.75. The molecule has 0 aromatic heterocycles. The summed E-state index contributed by atoms with van der Waals surface area (Å²) in [5, 5.41) is 40.6. The van der Waals surface area contributed by atoms with Gasteiger partial charge in [-0.3, -0.25) is 0 Å². The van der Waals surface area contributed by atoms with Crippen molar-refractivity contribution in [2.45, 2.75) is 29.9 Å². The maximum atomic E-state index is 11.3. The van der Waals surface area contributed by atoms with E-state index in [9.17, 15) is 25.0 Å². The summed E-state index contributed by atoms with van der Waals surface area (Å²) in [6.45, 7) is -2.85. The number of phenolic OH excluding ortho intramolecular Hbond substituents is 2. The van der Waals surface area contributed by atoms with Crippen molar-refractivity contribution in [3.8, 4) is 11.5 Å². The summed E-state index contributed by atoms with van der Waals surface area (Å²) < 4.78 is 11.3. The Morgan fingerprint density at radius 3 is 2.36 bits per heavy atom. The fourth-order valence-corrected chi connectivity index (χ4v) is 4.58. The summed E-state index contributed by atoms with van der Waals surface area (Å²) in [5.74, 6) is -3.40. The molecule has 0 bridgehead atoms. The standard InChI is InChI=1S/C16H19O7PS/c1-10(11-4-2-5-12(17)8-11)9-16(19,20)15-13(18)6-3-7-14(15)25-24(21,22)23/h2-8,10,17-20H,9H2,1H3,(H2,21,22,23). The molecule has 0 heterocycles. The second kappa shape index (κ2) is 7.37. The minimum Gasteiger partial charge on any atom is -0.508 e. The van der Waals surface area contributed by atoms with Crippen LogP contribution in [0, 0.1) is 0 Å². The van der Waals surface area contributed by atoms with Crippen molar-refractivity contribution < 1.29 is 34.8 Å². The predicted molar refractivity (Wildman–Crippen MR) is 93.3 cm³/mol. The first-order valence-corrected chi connectivity index (χ1v) is 10.3. The number of aromatic hydroxyl groups is 2. The van der Waals surface area contributed by atoms with Gasteiger partial charge in [-0.15, -0.1) is 0 Å². The summed E-state index contributed by atoms with van der Waals surface area (Å²) in [4.78, 5) is 18.2. The van der Waals surface area contributed by atoms with Crippen LogP contribution in [0.1, 0.15) is 30.4 Å². The minimum absolute atomic E-state index is 0.0335. The first kappa shape index (κ1) is 19.8. The van der Waals surface area contributed by atoms with Crippen LogP contribution in [0.25, 0.3) is 0 Å². The largest absolute Gasteiger partial charge is 0.508 e. The maximum Gasteiger partial charge on any atom is 0.388 e. The number of benzene rings is 2. The molecule has 1 atom stereocenters. The van der Waals surface area contributed by atoms with Crippen LogP contribution in [0.2, 0.25) is 0 Å². The molecule has 0 aliphatic carbocycles. The number of rotatable bonds is 6. The van der Waals surface area contributed by atoms with Crippen molar-refractivity contribution in [1.82, 2.24) is 0 Å². The van der Waals surface area contributed by atoms with Gasteiger partial charge in [0.05, 0.1) is 5.56 Å². The molecule has 136 valence electrons. The van der Waals surface area contributed by atoms with Crippen LogP contribution >= 0.6 is 18.2 Å². The Labute approximate surface area is 148 Å².